The van der Waals surface area contributed by atoms with Crippen molar-refractivity contribution in [2.45, 2.75) is 45.6 Å². The highest BCUT2D eigenvalue weighted by atomic mass is 16.5. The van der Waals surface area contributed by atoms with E-state index in [-0.39, 0.29) is 0 Å². The van der Waals surface area contributed by atoms with Crippen LogP contribution < -0.4 is 5.32 Å². The predicted molar refractivity (Wildman–Crippen MR) is 82.1 cm³/mol. The number of likely N-dealkylation sites (N-methyl/N-ethyl adjacent to an activating group) is 1. The minimum Gasteiger partial charge on any atom is -0.480 e. The van der Waals surface area contributed by atoms with E-state index in [2.05, 4.69) is 24.1 Å². The van der Waals surface area contributed by atoms with E-state index in [4.69, 9.17) is 4.74 Å². The maximum Gasteiger partial charge on any atom is 0.323 e. The maximum atomic E-state index is 11.4. The number of carbonyl (C=O) groups is 1. The number of nitrogens with zero attached hydrogens (tertiary/aromatic N) is 1. The molecule has 0 radical (unpaired) electrons. The molecule has 1 atom stereocenters. The van der Waals surface area contributed by atoms with E-state index >= 15 is 0 Å². The Bertz CT molecular complexity index is 266. The molecule has 1 unspecified atom stereocenters. The maximum absolute atomic E-state index is 11.4. The van der Waals surface area contributed by atoms with Crippen LogP contribution in [0.4, 0.5) is 0 Å². The van der Waals surface area contributed by atoms with Gasteiger partial charge in [-0.3, -0.25) is 4.79 Å². The van der Waals surface area contributed by atoms with Crippen LogP contribution in [-0.2, 0) is 9.53 Å². The van der Waals surface area contributed by atoms with Crippen LogP contribution >= 0.6 is 0 Å². The molecule has 0 aliphatic heterocycles. The second-order valence-corrected chi connectivity index (χ2v) is 5.78. The van der Waals surface area contributed by atoms with Gasteiger partial charge in [0.1, 0.15) is 5.54 Å². The van der Waals surface area contributed by atoms with Crippen molar-refractivity contribution in [2.24, 2.45) is 5.92 Å². The Morgan fingerprint density at radius 3 is 2.45 bits per heavy atom. The molecule has 0 aromatic rings. The number of nitrogens with one attached hydrogen (secondary N) is 1. The SMILES string of the molecule is CCC(CCCN(CCOC)CC(C)C)(NC)C(=O)O. The zero-order chi connectivity index (χ0) is 15.6. The number of carboxylic acids is 1. The third-order valence-electron chi connectivity index (χ3n) is 3.80. The van der Waals surface area contributed by atoms with Crippen LogP contribution in [0.2, 0.25) is 0 Å². The van der Waals surface area contributed by atoms with E-state index in [9.17, 15) is 9.90 Å². The summed E-state index contributed by atoms with van der Waals surface area (Å²) in [4.78, 5) is 13.8. The average Bonchev–Trinajstić information content (AvgIpc) is 2.40. The first kappa shape index (κ1) is 19.4. The van der Waals surface area contributed by atoms with Crippen LogP contribution in [0.15, 0.2) is 0 Å². The molecular formula is C15H32N2O3. The molecule has 0 spiro atoms. The standard InChI is InChI=1S/C15H32N2O3/c1-6-15(16-4,14(18)19)8-7-9-17(10-11-20-5)12-13(2)3/h13,16H,6-12H2,1-5H3,(H,18,19). The third-order valence-corrected chi connectivity index (χ3v) is 3.80. The number of hydrogen-bond donors (Lipinski definition) is 2. The highest BCUT2D eigenvalue weighted by molar-refractivity contribution is 5.78. The first-order valence-corrected chi connectivity index (χ1v) is 7.55. The largest absolute Gasteiger partial charge is 0.480 e. The van der Waals surface area contributed by atoms with E-state index in [0.717, 1.165) is 32.7 Å². The summed E-state index contributed by atoms with van der Waals surface area (Å²) in [5.74, 6) is -0.152. The van der Waals surface area contributed by atoms with Gasteiger partial charge < -0.3 is 20.1 Å². The average molecular weight is 288 g/mol. The van der Waals surface area contributed by atoms with Gasteiger partial charge in [0.15, 0.2) is 0 Å². The highest BCUT2D eigenvalue weighted by Crippen LogP contribution is 2.18. The van der Waals surface area contributed by atoms with Crippen LogP contribution in [0, 0.1) is 5.92 Å². The van der Waals surface area contributed by atoms with Gasteiger partial charge >= 0.3 is 5.97 Å². The van der Waals surface area contributed by atoms with Gasteiger partial charge in [-0.15, -0.1) is 0 Å². The molecule has 5 heteroatoms. The summed E-state index contributed by atoms with van der Waals surface area (Å²) in [6, 6.07) is 0. The number of carboxylic acid groups (broad SMARTS) is 1. The fraction of sp³-hybridized carbons (Fsp3) is 0.933. The summed E-state index contributed by atoms with van der Waals surface area (Å²) in [6.07, 6.45) is 2.12. The fourth-order valence-electron chi connectivity index (χ4n) is 2.48. The van der Waals surface area contributed by atoms with Crippen LogP contribution in [0.25, 0.3) is 0 Å². The molecule has 120 valence electrons. The van der Waals surface area contributed by atoms with E-state index < -0.39 is 11.5 Å². The van der Waals surface area contributed by atoms with Crippen LogP contribution in [0.1, 0.15) is 40.0 Å². The van der Waals surface area contributed by atoms with Crippen molar-refractivity contribution in [3.8, 4) is 0 Å². The van der Waals surface area contributed by atoms with Gasteiger partial charge in [0.2, 0.25) is 0 Å². The van der Waals surface area contributed by atoms with Crippen molar-refractivity contribution in [3.63, 3.8) is 0 Å². The Balaban J connectivity index is 4.35. The summed E-state index contributed by atoms with van der Waals surface area (Å²) in [7, 11) is 3.44. The van der Waals surface area contributed by atoms with Gasteiger partial charge in [-0.25, -0.2) is 0 Å². The molecule has 0 rings (SSSR count). The molecule has 0 saturated heterocycles. The van der Waals surface area contributed by atoms with Gasteiger partial charge in [0.25, 0.3) is 0 Å². The number of methoxy groups -OCH3 is 1. The molecule has 2 N–H and O–H groups in total. The lowest BCUT2D eigenvalue weighted by Gasteiger charge is -2.30. The second kappa shape index (κ2) is 10.1. The van der Waals surface area contributed by atoms with E-state index in [0.29, 0.717) is 18.8 Å². The molecule has 20 heavy (non-hydrogen) atoms. The molecule has 5 nitrogen and oxygen atoms in total. The Labute approximate surface area is 123 Å². The lowest BCUT2D eigenvalue weighted by Crippen LogP contribution is -2.50. The van der Waals surface area contributed by atoms with Crippen molar-refractivity contribution >= 4 is 5.97 Å². The predicted octanol–water partition coefficient (Wildman–Crippen LogP) is 1.82. The minimum atomic E-state index is -0.787. The minimum absolute atomic E-state index is 0.598. The molecule has 0 aromatic carbocycles. The summed E-state index contributed by atoms with van der Waals surface area (Å²) in [5, 5.41) is 12.4. The zero-order valence-corrected chi connectivity index (χ0v) is 13.7. The Kier molecular flexibility index (Phi) is 9.80. The summed E-state index contributed by atoms with van der Waals surface area (Å²) < 4.78 is 5.13. The Morgan fingerprint density at radius 2 is 2.05 bits per heavy atom. The quantitative estimate of drug-likeness (QED) is 0.573. The lowest BCUT2D eigenvalue weighted by atomic mass is 9.90. The second-order valence-electron chi connectivity index (χ2n) is 5.78. The van der Waals surface area contributed by atoms with E-state index in [1.165, 1.54) is 0 Å². The molecule has 0 amide bonds. The Morgan fingerprint density at radius 1 is 1.40 bits per heavy atom. The van der Waals surface area contributed by atoms with Crippen molar-refractivity contribution < 1.29 is 14.6 Å². The molecule has 0 aliphatic rings. The highest BCUT2D eigenvalue weighted by Gasteiger charge is 2.34. The summed E-state index contributed by atoms with van der Waals surface area (Å²) >= 11 is 0. The normalized spacial score (nSPS) is 14.8. The lowest BCUT2D eigenvalue weighted by molar-refractivity contribution is -0.145. The number of aliphatic carboxylic acids is 1. The van der Waals surface area contributed by atoms with Gasteiger partial charge in [-0.2, -0.15) is 0 Å². The zero-order valence-electron chi connectivity index (χ0n) is 13.7. The van der Waals surface area contributed by atoms with Crippen LogP contribution in [0.3, 0.4) is 0 Å². The monoisotopic (exact) mass is 288 g/mol. The third kappa shape index (κ3) is 6.68. The Hall–Kier alpha value is -0.650. The topological polar surface area (TPSA) is 61.8 Å². The summed E-state index contributed by atoms with van der Waals surface area (Å²) in [5.41, 5.74) is -0.787. The smallest absolute Gasteiger partial charge is 0.323 e. The fourth-order valence-corrected chi connectivity index (χ4v) is 2.48. The molecule has 0 bridgehead atoms. The first-order chi connectivity index (χ1) is 9.41. The van der Waals surface area contributed by atoms with Crippen molar-refractivity contribution in [1.82, 2.24) is 10.2 Å². The van der Waals surface area contributed by atoms with Gasteiger partial charge in [-0.05, 0) is 38.8 Å². The van der Waals surface area contributed by atoms with Crippen molar-refractivity contribution in [2.75, 3.05) is 40.4 Å². The van der Waals surface area contributed by atoms with Gasteiger partial charge in [0, 0.05) is 20.2 Å². The van der Waals surface area contributed by atoms with Crippen molar-refractivity contribution in [1.29, 1.82) is 0 Å². The molecule has 0 fully saturated rings. The van der Waals surface area contributed by atoms with Crippen LogP contribution in [-0.4, -0.2) is 61.9 Å². The molecule has 0 saturated carbocycles. The van der Waals surface area contributed by atoms with Gasteiger partial charge in [0.05, 0.1) is 6.61 Å². The molecule has 0 aliphatic carbocycles. The van der Waals surface area contributed by atoms with Crippen LogP contribution in [0.5, 0.6) is 0 Å². The van der Waals surface area contributed by atoms with E-state index in [1.807, 2.05) is 6.92 Å². The molecule has 0 heterocycles. The number of hydrogen-bond acceptors (Lipinski definition) is 4. The number of ether oxygens (including phenoxy) is 1. The van der Waals surface area contributed by atoms with E-state index in [1.54, 1.807) is 14.2 Å². The molecular weight excluding hydrogens is 256 g/mol. The summed E-state index contributed by atoms with van der Waals surface area (Å²) in [6.45, 7) is 9.87. The first-order valence-electron chi connectivity index (χ1n) is 7.55. The number of rotatable bonds is 12. The molecule has 0 aromatic heterocycles. The van der Waals surface area contributed by atoms with Gasteiger partial charge in [-0.1, -0.05) is 20.8 Å². The van der Waals surface area contributed by atoms with Crippen molar-refractivity contribution in [3.05, 3.63) is 0 Å².